The minimum absolute atomic E-state index is 0.322. The number of hydrogen-bond acceptors (Lipinski definition) is 3. The van der Waals surface area contributed by atoms with Crippen molar-refractivity contribution in [1.29, 1.82) is 0 Å². The third-order valence-electron chi connectivity index (χ3n) is 6.79. The van der Waals surface area contributed by atoms with Crippen molar-refractivity contribution in [2.45, 2.75) is 74.1 Å². The van der Waals surface area contributed by atoms with Gasteiger partial charge in [-0.15, -0.1) is 0 Å². The standard InChI is InChI=1S/C16H18.C9H12.3C6H6O.2C2H6/c1-3-13-5-9-15(10-6-13)16-11-7-14(4-2)8-12-16;1-8(2)9-6-4-3-5-7-9;3*7-6-4-2-1-3-5-6;2*1-2/h5-12H,3-4H2,1-2H3;3-8H,1-2H3;3*1-5,7H;2*1-2H3. The third-order valence-corrected chi connectivity index (χ3v) is 6.79. The summed E-state index contributed by atoms with van der Waals surface area (Å²) in [6.07, 6.45) is 2.21. The minimum Gasteiger partial charge on any atom is -0.508 e. The zero-order valence-corrected chi connectivity index (χ0v) is 31.5. The number of aromatic hydroxyl groups is 3. The average molecular weight is 673 g/mol. The van der Waals surface area contributed by atoms with Gasteiger partial charge in [-0.2, -0.15) is 0 Å². The Hall–Kier alpha value is -5.28. The summed E-state index contributed by atoms with van der Waals surface area (Å²) in [5.41, 5.74) is 6.82. The molecule has 0 unspecified atom stereocenters. The number of para-hydroxylation sites is 3. The predicted molar refractivity (Wildman–Crippen MR) is 218 cm³/mol. The van der Waals surface area contributed by atoms with Gasteiger partial charge in [-0.3, -0.25) is 0 Å². The van der Waals surface area contributed by atoms with E-state index < -0.39 is 0 Å². The highest BCUT2D eigenvalue weighted by Crippen LogP contribution is 2.20. The fourth-order valence-electron chi connectivity index (χ4n) is 3.99. The van der Waals surface area contributed by atoms with Crippen molar-refractivity contribution in [2.24, 2.45) is 0 Å². The minimum atomic E-state index is 0.322. The first-order valence-corrected chi connectivity index (χ1v) is 17.8. The van der Waals surface area contributed by atoms with Gasteiger partial charge in [-0.1, -0.05) is 189 Å². The second-order valence-corrected chi connectivity index (χ2v) is 10.7. The lowest BCUT2D eigenvalue weighted by molar-refractivity contribution is 0.475. The lowest BCUT2D eigenvalue weighted by atomic mass is 10.0. The number of hydrogen-bond donors (Lipinski definition) is 3. The molecule has 0 saturated carbocycles. The molecule has 6 rings (SSSR count). The van der Waals surface area contributed by atoms with Crippen molar-refractivity contribution in [3.8, 4) is 28.4 Å². The molecule has 0 bridgehead atoms. The molecule has 266 valence electrons. The van der Waals surface area contributed by atoms with Gasteiger partial charge in [-0.25, -0.2) is 0 Å². The van der Waals surface area contributed by atoms with Gasteiger partial charge in [0, 0.05) is 0 Å². The number of phenols is 3. The van der Waals surface area contributed by atoms with Crippen molar-refractivity contribution in [3.05, 3.63) is 187 Å². The molecule has 0 aliphatic carbocycles. The van der Waals surface area contributed by atoms with Crippen LogP contribution in [0.1, 0.15) is 78.0 Å². The van der Waals surface area contributed by atoms with Crippen LogP contribution in [0.25, 0.3) is 11.1 Å². The first-order valence-electron chi connectivity index (χ1n) is 17.8. The van der Waals surface area contributed by atoms with Crippen LogP contribution in [0.15, 0.2) is 170 Å². The smallest absolute Gasteiger partial charge is 0.115 e. The van der Waals surface area contributed by atoms with Crippen molar-refractivity contribution in [2.75, 3.05) is 0 Å². The van der Waals surface area contributed by atoms with E-state index in [9.17, 15) is 0 Å². The molecule has 3 nitrogen and oxygen atoms in total. The zero-order chi connectivity index (χ0) is 37.4. The fraction of sp³-hybridized carbons (Fsp3) is 0.234. The molecule has 3 heteroatoms. The largest absolute Gasteiger partial charge is 0.508 e. The zero-order valence-electron chi connectivity index (χ0n) is 31.5. The Morgan fingerprint density at radius 2 is 0.600 bits per heavy atom. The Bertz CT molecular complexity index is 1410. The van der Waals surface area contributed by atoms with E-state index in [2.05, 4.69) is 100 Å². The molecule has 0 aliphatic rings. The summed E-state index contributed by atoms with van der Waals surface area (Å²) in [5, 5.41) is 25.9. The molecule has 6 aromatic carbocycles. The topological polar surface area (TPSA) is 60.7 Å². The molecular formula is C47H60O3. The van der Waals surface area contributed by atoms with Gasteiger partial charge in [0.15, 0.2) is 0 Å². The van der Waals surface area contributed by atoms with E-state index in [0.29, 0.717) is 23.2 Å². The lowest BCUT2D eigenvalue weighted by Gasteiger charge is -2.04. The van der Waals surface area contributed by atoms with Crippen LogP contribution in [0, 0.1) is 0 Å². The second kappa shape index (κ2) is 29.8. The van der Waals surface area contributed by atoms with Crippen molar-refractivity contribution in [3.63, 3.8) is 0 Å². The Kier molecular flexibility index (Phi) is 26.7. The summed E-state index contributed by atoms with van der Waals surface area (Å²) in [6, 6.07) is 54.3. The first-order chi connectivity index (χ1) is 24.3. The number of rotatable bonds is 4. The van der Waals surface area contributed by atoms with E-state index in [4.69, 9.17) is 15.3 Å². The van der Waals surface area contributed by atoms with Gasteiger partial charge in [0.1, 0.15) is 17.2 Å². The van der Waals surface area contributed by atoms with Gasteiger partial charge in [-0.05, 0) is 83.0 Å². The molecule has 0 aromatic heterocycles. The summed E-state index contributed by atoms with van der Waals surface area (Å²) in [5.74, 6) is 1.62. The van der Waals surface area contributed by atoms with Gasteiger partial charge < -0.3 is 15.3 Å². The summed E-state index contributed by atoms with van der Waals surface area (Å²) in [4.78, 5) is 0. The predicted octanol–water partition coefficient (Wildman–Crippen LogP) is 13.5. The summed E-state index contributed by atoms with van der Waals surface area (Å²) in [6.45, 7) is 16.8. The van der Waals surface area contributed by atoms with Crippen molar-refractivity contribution >= 4 is 0 Å². The SMILES string of the molecule is CC.CC.CC(C)c1ccccc1.CCc1ccc(-c2ccc(CC)cc2)cc1.Oc1ccccc1.Oc1ccccc1.Oc1ccccc1. The lowest BCUT2D eigenvalue weighted by Crippen LogP contribution is -1.83. The maximum atomic E-state index is 8.63. The molecule has 0 aliphatic heterocycles. The molecule has 0 heterocycles. The summed E-state index contributed by atoms with van der Waals surface area (Å²) < 4.78 is 0. The monoisotopic (exact) mass is 672 g/mol. The highest BCUT2D eigenvalue weighted by atomic mass is 16.3. The van der Waals surface area contributed by atoms with Gasteiger partial charge in [0.2, 0.25) is 0 Å². The molecule has 0 fully saturated rings. The van der Waals surface area contributed by atoms with Gasteiger partial charge in [0.25, 0.3) is 0 Å². The highest BCUT2D eigenvalue weighted by molar-refractivity contribution is 5.64. The second-order valence-electron chi connectivity index (χ2n) is 10.7. The summed E-state index contributed by atoms with van der Waals surface area (Å²) in [7, 11) is 0. The van der Waals surface area contributed by atoms with E-state index >= 15 is 0 Å². The van der Waals surface area contributed by atoms with Crippen LogP contribution in [-0.2, 0) is 12.8 Å². The van der Waals surface area contributed by atoms with Gasteiger partial charge in [0.05, 0.1) is 0 Å². The Morgan fingerprint density at radius 3 is 0.760 bits per heavy atom. The Balaban J connectivity index is 0.000000612. The van der Waals surface area contributed by atoms with Crippen LogP contribution in [0.5, 0.6) is 17.2 Å². The molecule has 3 N–H and O–H groups in total. The van der Waals surface area contributed by atoms with Crippen LogP contribution >= 0.6 is 0 Å². The first kappa shape index (κ1) is 44.7. The number of benzene rings is 6. The van der Waals surface area contributed by atoms with Gasteiger partial charge >= 0.3 is 0 Å². The highest BCUT2D eigenvalue weighted by Gasteiger charge is 1.97. The molecule has 6 aromatic rings. The van der Waals surface area contributed by atoms with Crippen LogP contribution in [0.4, 0.5) is 0 Å². The third kappa shape index (κ3) is 21.6. The van der Waals surface area contributed by atoms with E-state index in [1.54, 1.807) is 72.8 Å². The van der Waals surface area contributed by atoms with Crippen molar-refractivity contribution < 1.29 is 15.3 Å². The van der Waals surface area contributed by atoms with Crippen LogP contribution in [0.3, 0.4) is 0 Å². The van der Waals surface area contributed by atoms with E-state index in [0.717, 1.165) is 12.8 Å². The summed E-state index contributed by atoms with van der Waals surface area (Å²) >= 11 is 0. The molecule has 0 saturated heterocycles. The maximum absolute atomic E-state index is 8.63. The van der Waals surface area contributed by atoms with Crippen LogP contribution in [0.2, 0.25) is 0 Å². The van der Waals surface area contributed by atoms with E-state index in [-0.39, 0.29) is 0 Å². The van der Waals surface area contributed by atoms with Crippen LogP contribution in [-0.4, -0.2) is 15.3 Å². The fourth-order valence-corrected chi connectivity index (χ4v) is 3.99. The molecule has 0 atom stereocenters. The maximum Gasteiger partial charge on any atom is 0.115 e. The normalized spacial score (nSPS) is 8.98. The Labute approximate surface area is 303 Å². The van der Waals surface area contributed by atoms with E-state index in [1.165, 1.54) is 27.8 Å². The van der Waals surface area contributed by atoms with Crippen molar-refractivity contribution in [1.82, 2.24) is 0 Å². The molecule has 50 heavy (non-hydrogen) atoms. The van der Waals surface area contributed by atoms with E-state index in [1.807, 2.05) is 52.0 Å². The molecule has 0 amide bonds. The molecule has 0 spiro atoms. The number of aryl methyl sites for hydroxylation is 2. The number of phenolic OH excluding ortho intramolecular Hbond substituents is 3. The average Bonchev–Trinajstić information content (AvgIpc) is 3.19. The molecular weight excluding hydrogens is 613 g/mol. The Morgan fingerprint density at radius 1 is 0.360 bits per heavy atom. The quantitative estimate of drug-likeness (QED) is 0.175. The van der Waals surface area contributed by atoms with Crippen LogP contribution < -0.4 is 0 Å². The molecule has 0 radical (unpaired) electrons.